The maximum absolute atomic E-state index is 12.2. The Bertz CT molecular complexity index is 982. The lowest BCUT2D eigenvalue weighted by Gasteiger charge is -2.05. The van der Waals surface area contributed by atoms with E-state index in [4.69, 9.17) is 0 Å². The fraction of sp³-hybridized carbons (Fsp3) is 0.0526. The summed E-state index contributed by atoms with van der Waals surface area (Å²) in [5.74, 6) is -0.632. The van der Waals surface area contributed by atoms with Crippen molar-refractivity contribution < 1.29 is 9.90 Å². The van der Waals surface area contributed by atoms with E-state index >= 15 is 0 Å². The average molecular weight is 477 g/mol. The molecule has 0 aliphatic heterocycles. The van der Waals surface area contributed by atoms with E-state index in [1.807, 2.05) is 54.1 Å². The standard InChI is InChI=1S/C19H15Br2N3O2/c1-12-7-13(11-24(12)15-5-3-2-4-6-15)10-22-23-19(26)16-8-14(20)9-17(21)18(16)25/h2-11,25H,1H3,(H,23,26)/b22-10-. The molecule has 1 aromatic heterocycles. The normalized spacial score (nSPS) is 11.0. The quantitative estimate of drug-likeness (QED) is 0.420. The van der Waals surface area contributed by atoms with Crippen molar-refractivity contribution >= 4 is 44.0 Å². The van der Waals surface area contributed by atoms with Gasteiger partial charge in [-0.1, -0.05) is 34.1 Å². The van der Waals surface area contributed by atoms with Crippen molar-refractivity contribution in [2.45, 2.75) is 6.92 Å². The molecule has 0 fully saturated rings. The average Bonchev–Trinajstić information content (AvgIpc) is 2.99. The molecule has 0 saturated carbocycles. The van der Waals surface area contributed by atoms with E-state index in [2.05, 4.69) is 42.4 Å². The molecule has 3 aromatic rings. The highest BCUT2D eigenvalue weighted by Gasteiger charge is 2.14. The SMILES string of the molecule is Cc1cc(/C=N\NC(=O)c2cc(Br)cc(Br)c2O)cn1-c1ccccc1. The lowest BCUT2D eigenvalue weighted by molar-refractivity contribution is 0.0952. The number of aromatic nitrogens is 1. The van der Waals surface area contributed by atoms with Crippen LogP contribution >= 0.6 is 31.9 Å². The predicted molar refractivity (Wildman–Crippen MR) is 109 cm³/mol. The highest BCUT2D eigenvalue weighted by Crippen LogP contribution is 2.31. The molecule has 5 nitrogen and oxygen atoms in total. The van der Waals surface area contributed by atoms with Gasteiger partial charge in [-0.2, -0.15) is 5.10 Å². The Balaban J connectivity index is 1.75. The third kappa shape index (κ3) is 4.05. The van der Waals surface area contributed by atoms with Crippen molar-refractivity contribution in [1.82, 2.24) is 9.99 Å². The van der Waals surface area contributed by atoms with Crippen LogP contribution in [0.3, 0.4) is 0 Å². The van der Waals surface area contributed by atoms with Crippen molar-refractivity contribution in [2.24, 2.45) is 5.10 Å². The van der Waals surface area contributed by atoms with Crippen LogP contribution in [0.1, 0.15) is 21.6 Å². The maximum Gasteiger partial charge on any atom is 0.275 e. The number of aromatic hydroxyl groups is 1. The molecule has 3 rings (SSSR count). The Labute approximate surface area is 167 Å². The molecule has 0 spiro atoms. The van der Waals surface area contributed by atoms with Crippen LogP contribution in [0.2, 0.25) is 0 Å². The number of nitrogens with zero attached hydrogens (tertiary/aromatic N) is 2. The highest BCUT2D eigenvalue weighted by atomic mass is 79.9. The molecule has 0 radical (unpaired) electrons. The van der Waals surface area contributed by atoms with Crippen LogP contribution in [-0.2, 0) is 0 Å². The third-order valence-electron chi connectivity index (χ3n) is 3.72. The molecule has 0 saturated heterocycles. The lowest BCUT2D eigenvalue weighted by Crippen LogP contribution is -2.17. The van der Waals surface area contributed by atoms with E-state index in [1.165, 1.54) is 6.07 Å². The Kier molecular flexibility index (Phi) is 5.58. The van der Waals surface area contributed by atoms with Crippen LogP contribution in [0, 0.1) is 6.92 Å². The van der Waals surface area contributed by atoms with Gasteiger partial charge in [-0.3, -0.25) is 4.79 Å². The Hall–Kier alpha value is -2.38. The highest BCUT2D eigenvalue weighted by molar-refractivity contribution is 9.11. The van der Waals surface area contributed by atoms with Gasteiger partial charge < -0.3 is 9.67 Å². The largest absolute Gasteiger partial charge is 0.506 e. The molecule has 0 unspecified atom stereocenters. The van der Waals surface area contributed by atoms with Gasteiger partial charge >= 0.3 is 0 Å². The Morgan fingerprint density at radius 3 is 2.65 bits per heavy atom. The predicted octanol–water partition coefficient (Wildman–Crippen LogP) is 4.78. The van der Waals surface area contributed by atoms with E-state index in [0.29, 0.717) is 8.95 Å². The van der Waals surface area contributed by atoms with E-state index in [-0.39, 0.29) is 11.3 Å². The summed E-state index contributed by atoms with van der Waals surface area (Å²) >= 11 is 6.49. The number of carbonyl (C=O) groups is 1. The number of phenolic OH excluding ortho intramolecular Hbond substituents is 1. The summed E-state index contributed by atoms with van der Waals surface area (Å²) < 4.78 is 3.14. The molecule has 0 bridgehead atoms. The minimum atomic E-state index is -0.500. The number of amides is 1. The summed E-state index contributed by atoms with van der Waals surface area (Å²) in [6.07, 6.45) is 3.50. The molecule has 132 valence electrons. The summed E-state index contributed by atoms with van der Waals surface area (Å²) in [7, 11) is 0. The zero-order valence-electron chi connectivity index (χ0n) is 13.8. The minimum absolute atomic E-state index is 0.126. The molecule has 2 N–H and O–H groups in total. The van der Waals surface area contributed by atoms with Crippen LogP contribution in [-0.4, -0.2) is 21.8 Å². The fourth-order valence-electron chi connectivity index (χ4n) is 2.50. The van der Waals surface area contributed by atoms with Crippen LogP contribution < -0.4 is 5.43 Å². The number of phenols is 1. The molecular weight excluding hydrogens is 462 g/mol. The van der Waals surface area contributed by atoms with Gasteiger partial charge in [0.1, 0.15) is 5.75 Å². The van der Waals surface area contributed by atoms with Gasteiger partial charge in [0.15, 0.2) is 0 Å². The summed E-state index contributed by atoms with van der Waals surface area (Å²) in [6.45, 7) is 2.00. The van der Waals surface area contributed by atoms with E-state index in [0.717, 1.165) is 16.9 Å². The lowest BCUT2D eigenvalue weighted by atomic mass is 10.2. The van der Waals surface area contributed by atoms with Crippen LogP contribution in [0.25, 0.3) is 5.69 Å². The number of rotatable bonds is 4. The Morgan fingerprint density at radius 1 is 1.19 bits per heavy atom. The number of hydrogen-bond donors (Lipinski definition) is 2. The first-order valence-corrected chi connectivity index (χ1v) is 9.30. The van der Waals surface area contributed by atoms with Crippen molar-refractivity contribution in [3.05, 3.63) is 80.5 Å². The second-order valence-corrected chi connectivity index (χ2v) is 7.37. The number of aryl methyl sites for hydroxylation is 1. The van der Waals surface area contributed by atoms with Crippen molar-refractivity contribution in [3.8, 4) is 11.4 Å². The second kappa shape index (κ2) is 7.88. The van der Waals surface area contributed by atoms with Crippen molar-refractivity contribution in [3.63, 3.8) is 0 Å². The molecule has 1 heterocycles. The summed E-state index contributed by atoms with van der Waals surface area (Å²) in [5.41, 5.74) is 5.52. The van der Waals surface area contributed by atoms with Gasteiger partial charge in [-0.25, -0.2) is 5.43 Å². The number of carbonyl (C=O) groups excluding carboxylic acids is 1. The molecule has 1 amide bonds. The van der Waals surface area contributed by atoms with Crippen LogP contribution in [0.15, 0.2) is 68.8 Å². The van der Waals surface area contributed by atoms with Gasteiger partial charge in [0.25, 0.3) is 5.91 Å². The van der Waals surface area contributed by atoms with Crippen molar-refractivity contribution in [2.75, 3.05) is 0 Å². The molecule has 2 aromatic carbocycles. The Morgan fingerprint density at radius 2 is 1.92 bits per heavy atom. The molecule has 0 atom stereocenters. The zero-order chi connectivity index (χ0) is 18.7. The number of hydrogen-bond acceptors (Lipinski definition) is 3. The summed E-state index contributed by atoms with van der Waals surface area (Å²) in [5, 5.41) is 14.0. The van der Waals surface area contributed by atoms with Gasteiger partial charge in [-0.05, 0) is 53.2 Å². The van der Waals surface area contributed by atoms with Gasteiger partial charge in [-0.15, -0.1) is 0 Å². The fourth-order valence-corrected chi connectivity index (χ4v) is 3.73. The molecule has 0 aliphatic rings. The number of nitrogens with one attached hydrogen (secondary N) is 1. The topological polar surface area (TPSA) is 66.6 Å². The van der Waals surface area contributed by atoms with Gasteiger partial charge in [0.05, 0.1) is 16.3 Å². The third-order valence-corrected chi connectivity index (χ3v) is 4.78. The van der Waals surface area contributed by atoms with Crippen LogP contribution in [0.5, 0.6) is 5.75 Å². The number of hydrazone groups is 1. The number of para-hydroxylation sites is 1. The first-order valence-electron chi connectivity index (χ1n) is 7.71. The maximum atomic E-state index is 12.2. The monoisotopic (exact) mass is 475 g/mol. The molecule has 26 heavy (non-hydrogen) atoms. The molecular formula is C19H15Br2N3O2. The number of benzene rings is 2. The van der Waals surface area contributed by atoms with E-state index in [9.17, 15) is 9.90 Å². The van der Waals surface area contributed by atoms with Crippen LogP contribution in [0.4, 0.5) is 0 Å². The summed E-state index contributed by atoms with van der Waals surface area (Å²) in [6, 6.07) is 15.1. The van der Waals surface area contributed by atoms with E-state index in [1.54, 1.807) is 12.3 Å². The summed E-state index contributed by atoms with van der Waals surface area (Å²) in [4.78, 5) is 12.2. The first-order chi connectivity index (χ1) is 12.5. The van der Waals surface area contributed by atoms with Gasteiger partial charge in [0, 0.05) is 27.6 Å². The first kappa shape index (κ1) is 18.4. The number of halogens is 2. The zero-order valence-corrected chi connectivity index (χ0v) is 17.0. The van der Waals surface area contributed by atoms with Gasteiger partial charge in [0.2, 0.25) is 0 Å². The van der Waals surface area contributed by atoms with E-state index < -0.39 is 5.91 Å². The minimum Gasteiger partial charge on any atom is -0.506 e. The molecule has 7 heteroatoms. The smallest absolute Gasteiger partial charge is 0.275 e. The molecule has 0 aliphatic carbocycles. The second-order valence-electron chi connectivity index (χ2n) is 5.60. The van der Waals surface area contributed by atoms with Crippen molar-refractivity contribution in [1.29, 1.82) is 0 Å².